The molecule has 0 amide bonds. The predicted octanol–water partition coefficient (Wildman–Crippen LogP) is 2.27. The summed E-state index contributed by atoms with van der Waals surface area (Å²) in [4.78, 5) is 14.5. The van der Waals surface area contributed by atoms with E-state index in [-0.39, 0.29) is 10.5 Å². The van der Waals surface area contributed by atoms with Crippen LogP contribution in [0, 0.1) is 0 Å². The first kappa shape index (κ1) is 16.8. The molecule has 0 bridgehead atoms. The Labute approximate surface area is 148 Å². The van der Waals surface area contributed by atoms with Gasteiger partial charge in [0.1, 0.15) is 4.70 Å². The zero-order chi connectivity index (χ0) is 18.5. The minimum absolute atomic E-state index is 0.0439. The lowest BCUT2D eigenvalue weighted by molar-refractivity contribution is 0.149. The molecule has 26 heavy (non-hydrogen) atoms. The standard InChI is InChI=1S/C15H10F2N4O3S2/c16-11(17)7-8-1-3-9(4-2-8)26(23,24)15-13-18-14(22)12-10(5-6-25-12)21(13)20-19-15/h1-6,11H,7H2,(H,18,22). The Hall–Kier alpha value is -2.66. The number of thiophene rings is 1. The Morgan fingerprint density at radius 1 is 1.19 bits per heavy atom. The van der Waals surface area contributed by atoms with Crippen molar-refractivity contribution in [1.82, 2.24) is 19.8 Å². The fraction of sp³-hybridized carbons (Fsp3) is 0.133. The summed E-state index contributed by atoms with van der Waals surface area (Å²) in [6, 6.07) is 6.76. The van der Waals surface area contributed by atoms with Crippen LogP contribution in [0.3, 0.4) is 0 Å². The maximum Gasteiger partial charge on any atom is 0.269 e. The molecular weight excluding hydrogens is 386 g/mol. The number of rotatable bonds is 4. The van der Waals surface area contributed by atoms with Gasteiger partial charge in [-0.15, -0.1) is 16.4 Å². The molecule has 134 valence electrons. The van der Waals surface area contributed by atoms with Crippen molar-refractivity contribution in [3.63, 3.8) is 0 Å². The molecule has 0 saturated carbocycles. The molecule has 0 atom stereocenters. The molecule has 0 unspecified atom stereocenters. The lowest BCUT2D eigenvalue weighted by Gasteiger charge is -2.04. The van der Waals surface area contributed by atoms with Gasteiger partial charge in [-0.1, -0.05) is 17.3 Å². The van der Waals surface area contributed by atoms with Crippen molar-refractivity contribution in [3.8, 4) is 0 Å². The Bertz CT molecular complexity index is 1270. The van der Waals surface area contributed by atoms with Crippen LogP contribution in [0.15, 0.2) is 50.4 Å². The lowest BCUT2D eigenvalue weighted by atomic mass is 10.2. The Kier molecular flexibility index (Phi) is 3.84. The van der Waals surface area contributed by atoms with Crippen molar-refractivity contribution in [2.75, 3.05) is 0 Å². The van der Waals surface area contributed by atoms with Crippen LogP contribution in [0.5, 0.6) is 0 Å². The number of hydrogen-bond acceptors (Lipinski definition) is 6. The first-order valence-electron chi connectivity index (χ1n) is 7.35. The fourth-order valence-electron chi connectivity index (χ4n) is 2.62. The largest absolute Gasteiger partial charge is 0.303 e. The fourth-order valence-corrected chi connectivity index (χ4v) is 4.64. The summed E-state index contributed by atoms with van der Waals surface area (Å²) in [5.41, 5.74) is 0.293. The number of benzene rings is 1. The number of aromatic nitrogens is 4. The van der Waals surface area contributed by atoms with Gasteiger partial charge in [-0.3, -0.25) is 4.79 Å². The number of halogens is 2. The quantitative estimate of drug-likeness (QED) is 0.571. The molecule has 3 aromatic heterocycles. The highest BCUT2D eigenvalue weighted by atomic mass is 32.2. The smallest absolute Gasteiger partial charge is 0.269 e. The predicted molar refractivity (Wildman–Crippen MR) is 90.6 cm³/mol. The van der Waals surface area contributed by atoms with Crippen LogP contribution < -0.4 is 5.56 Å². The van der Waals surface area contributed by atoms with Crippen LogP contribution in [-0.2, 0) is 16.3 Å². The summed E-state index contributed by atoms with van der Waals surface area (Å²) in [6.07, 6.45) is -2.98. The number of nitrogens with one attached hydrogen (secondary N) is 1. The van der Waals surface area contributed by atoms with E-state index in [4.69, 9.17) is 0 Å². The zero-order valence-electron chi connectivity index (χ0n) is 12.9. The summed E-state index contributed by atoms with van der Waals surface area (Å²) >= 11 is 1.21. The van der Waals surface area contributed by atoms with Gasteiger partial charge < -0.3 is 4.98 Å². The maximum absolute atomic E-state index is 12.8. The first-order chi connectivity index (χ1) is 12.4. The molecule has 0 saturated heterocycles. The highest BCUT2D eigenvalue weighted by molar-refractivity contribution is 7.91. The Balaban J connectivity index is 1.86. The third-order valence-electron chi connectivity index (χ3n) is 3.83. The highest BCUT2D eigenvalue weighted by Crippen LogP contribution is 2.25. The summed E-state index contributed by atoms with van der Waals surface area (Å²) < 4.78 is 52.2. The van der Waals surface area contributed by atoms with Crippen molar-refractivity contribution >= 4 is 37.0 Å². The van der Waals surface area contributed by atoms with E-state index in [9.17, 15) is 22.0 Å². The van der Waals surface area contributed by atoms with Crippen LogP contribution in [0.1, 0.15) is 5.56 Å². The van der Waals surface area contributed by atoms with Gasteiger partial charge in [-0.25, -0.2) is 17.2 Å². The number of sulfone groups is 1. The molecule has 0 aliphatic rings. The molecule has 7 nitrogen and oxygen atoms in total. The van der Waals surface area contributed by atoms with Crippen LogP contribution in [0.2, 0.25) is 0 Å². The van der Waals surface area contributed by atoms with Gasteiger partial charge in [0.25, 0.3) is 5.56 Å². The van der Waals surface area contributed by atoms with Gasteiger partial charge in [0, 0.05) is 6.42 Å². The summed E-state index contributed by atoms with van der Waals surface area (Å²) in [6.45, 7) is 0. The van der Waals surface area contributed by atoms with Gasteiger partial charge in [-0.05, 0) is 29.1 Å². The molecule has 0 radical (unpaired) electrons. The molecule has 0 fully saturated rings. The molecule has 4 aromatic rings. The van der Waals surface area contributed by atoms with E-state index in [0.29, 0.717) is 15.8 Å². The second-order valence-corrected chi connectivity index (χ2v) is 8.27. The number of H-pyrrole nitrogens is 1. The van der Waals surface area contributed by atoms with E-state index >= 15 is 0 Å². The highest BCUT2D eigenvalue weighted by Gasteiger charge is 2.26. The monoisotopic (exact) mass is 396 g/mol. The van der Waals surface area contributed by atoms with Gasteiger partial charge >= 0.3 is 0 Å². The molecular formula is C15H10F2N4O3S2. The van der Waals surface area contributed by atoms with Crippen LogP contribution in [0.4, 0.5) is 8.78 Å². The molecule has 3 heterocycles. The van der Waals surface area contributed by atoms with Crippen molar-refractivity contribution < 1.29 is 17.2 Å². The van der Waals surface area contributed by atoms with Crippen LogP contribution >= 0.6 is 11.3 Å². The number of hydrogen-bond donors (Lipinski definition) is 1. The molecule has 4 rings (SSSR count). The number of aromatic amines is 1. The van der Waals surface area contributed by atoms with E-state index in [1.165, 1.54) is 40.1 Å². The molecule has 0 aliphatic carbocycles. The molecule has 0 aliphatic heterocycles. The average molecular weight is 396 g/mol. The number of nitrogens with zero attached hydrogens (tertiary/aromatic N) is 3. The van der Waals surface area contributed by atoms with Crippen molar-refractivity contribution in [2.24, 2.45) is 0 Å². The second kappa shape index (κ2) is 5.95. The summed E-state index contributed by atoms with van der Waals surface area (Å²) in [5.74, 6) is 0. The molecule has 1 aromatic carbocycles. The van der Waals surface area contributed by atoms with E-state index in [1.54, 1.807) is 11.4 Å². The van der Waals surface area contributed by atoms with Gasteiger partial charge in [0.15, 0.2) is 5.65 Å². The SMILES string of the molecule is O=c1[nH]c2c(S(=O)(=O)c3ccc(CC(F)F)cc3)nnn2c2ccsc12. The summed E-state index contributed by atoms with van der Waals surface area (Å²) in [7, 11) is -4.08. The Morgan fingerprint density at radius 2 is 1.92 bits per heavy atom. The maximum atomic E-state index is 12.8. The normalized spacial score (nSPS) is 12.4. The van der Waals surface area contributed by atoms with E-state index in [1.807, 2.05) is 0 Å². The third-order valence-corrected chi connectivity index (χ3v) is 6.41. The van der Waals surface area contributed by atoms with E-state index in [0.717, 1.165) is 0 Å². The van der Waals surface area contributed by atoms with Crippen LogP contribution in [-0.4, -0.2) is 34.7 Å². The molecule has 0 spiro atoms. The number of fused-ring (bicyclic) bond motifs is 3. The topological polar surface area (TPSA) is 97.2 Å². The van der Waals surface area contributed by atoms with Crippen molar-refractivity contribution in [3.05, 3.63) is 51.6 Å². The van der Waals surface area contributed by atoms with Gasteiger partial charge in [0.05, 0.1) is 10.4 Å². The van der Waals surface area contributed by atoms with Gasteiger partial charge in [0.2, 0.25) is 21.3 Å². The van der Waals surface area contributed by atoms with Crippen molar-refractivity contribution in [1.29, 1.82) is 0 Å². The first-order valence-corrected chi connectivity index (χ1v) is 9.71. The van der Waals surface area contributed by atoms with Crippen molar-refractivity contribution in [2.45, 2.75) is 22.8 Å². The minimum Gasteiger partial charge on any atom is -0.303 e. The third kappa shape index (κ3) is 2.59. The van der Waals surface area contributed by atoms with Gasteiger partial charge in [-0.2, -0.15) is 4.52 Å². The lowest BCUT2D eigenvalue weighted by Crippen LogP contribution is -2.10. The summed E-state index contributed by atoms with van der Waals surface area (Å²) in [5, 5.41) is 8.85. The van der Waals surface area contributed by atoms with Crippen LogP contribution in [0.25, 0.3) is 15.9 Å². The number of alkyl halides is 2. The van der Waals surface area contributed by atoms with E-state index < -0.39 is 33.3 Å². The second-order valence-electron chi connectivity index (χ2n) is 5.49. The Morgan fingerprint density at radius 3 is 2.62 bits per heavy atom. The minimum atomic E-state index is -4.08. The zero-order valence-corrected chi connectivity index (χ0v) is 14.5. The average Bonchev–Trinajstić information content (AvgIpc) is 3.21. The molecule has 1 N–H and O–H groups in total. The molecule has 11 heteroatoms. The van der Waals surface area contributed by atoms with E-state index in [2.05, 4.69) is 15.3 Å².